The van der Waals surface area contributed by atoms with E-state index in [1.807, 2.05) is 21.1 Å². The molecule has 0 aliphatic rings. The zero-order chi connectivity index (χ0) is 49.9. The average Bonchev–Trinajstić information content (AvgIpc) is 3.30. The molecule has 0 aliphatic carbocycles. The Balaban J connectivity index is 4.31. The number of rotatable bonds is 50. The second kappa shape index (κ2) is 50.1. The molecule has 0 fully saturated rings. The number of carboxylic acids is 1. The molecule has 68 heavy (non-hydrogen) atoms. The van der Waals surface area contributed by atoms with Crippen molar-refractivity contribution >= 4 is 17.9 Å². The van der Waals surface area contributed by atoms with Gasteiger partial charge in [-0.1, -0.05) is 202 Å². The number of nitrogens with zero attached hydrogens (tertiary/aromatic N) is 1. The molecule has 2 atom stereocenters. The predicted octanol–water partition coefficient (Wildman–Crippen LogP) is 15.8. The van der Waals surface area contributed by atoms with Crippen LogP contribution in [0.3, 0.4) is 0 Å². The van der Waals surface area contributed by atoms with Crippen LogP contribution in [-0.4, -0.2) is 87.4 Å². The van der Waals surface area contributed by atoms with Crippen LogP contribution in [0.2, 0.25) is 0 Å². The van der Waals surface area contributed by atoms with Gasteiger partial charge >= 0.3 is 17.9 Å². The van der Waals surface area contributed by atoms with Gasteiger partial charge in [0, 0.05) is 12.8 Å². The minimum Gasteiger partial charge on any atom is -0.477 e. The largest absolute Gasteiger partial charge is 0.477 e. The summed E-state index contributed by atoms with van der Waals surface area (Å²) in [6.07, 6.45) is 61.1. The van der Waals surface area contributed by atoms with Crippen LogP contribution < -0.4 is 0 Å². The Morgan fingerprint density at radius 1 is 0.456 bits per heavy atom. The van der Waals surface area contributed by atoms with Gasteiger partial charge in [-0.3, -0.25) is 9.59 Å². The van der Waals surface area contributed by atoms with Crippen LogP contribution in [0.5, 0.6) is 0 Å². The van der Waals surface area contributed by atoms with Crippen LogP contribution in [0.4, 0.5) is 0 Å². The van der Waals surface area contributed by atoms with Crippen LogP contribution in [0, 0.1) is 0 Å². The van der Waals surface area contributed by atoms with Gasteiger partial charge in [-0.25, -0.2) is 4.79 Å². The van der Waals surface area contributed by atoms with Crippen LogP contribution in [-0.2, 0) is 33.3 Å². The highest BCUT2D eigenvalue weighted by Crippen LogP contribution is 2.15. The van der Waals surface area contributed by atoms with Crippen molar-refractivity contribution < 1.29 is 42.9 Å². The van der Waals surface area contributed by atoms with E-state index in [9.17, 15) is 19.5 Å². The lowest BCUT2D eigenvalue weighted by molar-refractivity contribution is -0.870. The summed E-state index contributed by atoms with van der Waals surface area (Å²) in [5.74, 6) is -2.02. The van der Waals surface area contributed by atoms with Crippen LogP contribution in [0.1, 0.15) is 226 Å². The zero-order valence-corrected chi connectivity index (χ0v) is 44.5. The number of allylic oxidation sites excluding steroid dienone is 12. The minimum absolute atomic E-state index is 0.183. The highest BCUT2D eigenvalue weighted by molar-refractivity contribution is 5.71. The Hall–Kier alpha value is -3.27. The topological polar surface area (TPSA) is 108 Å². The predicted molar refractivity (Wildman–Crippen MR) is 286 cm³/mol. The summed E-state index contributed by atoms with van der Waals surface area (Å²) in [6.45, 7) is 4.75. The van der Waals surface area contributed by atoms with Crippen LogP contribution in [0.15, 0.2) is 72.9 Å². The van der Waals surface area contributed by atoms with Gasteiger partial charge in [-0.15, -0.1) is 0 Å². The second-order valence-corrected chi connectivity index (χ2v) is 19.5. The van der Waals surface area contributed by atoms with Gasteiger partial charge in [0.2, 0.25) is 0 Å². The number of hydrogen-bond donors (Lipinski definition) is 1. The van der Waals surface area contributed by atoms with E-state index in [4.69, 9.17) is 18.9 Å². The van der Waals surface area contributed by atoms with Crippen molar-refractivity contribution in [2.75, 3.05) is 47.5 Å². The molecule has 9 heteroatoms. The van der Waals surface area contributed by atoms with E-state index in [0.29, 0.717) is 23.9 Å². The lowest BCUT2D eigenvalue weighted by Gasteiger charge is -2.25. The molecule has 0 bridgehead atoms. The number of likely N-dealkylation sites (N-methyl/N-ethyl adjacent to an activating group) is 1. The summed E-state index contributed by atoms with van der Waals surface area (Å²) in [5.41, 5.74) is 0. The molecule has 2 unspecified atom stereocenters. The molecule has 0 saturated heterocycles. The molecular formula is C59H104NO8+. The highest BCUT2D eigenvalue weighted by atomic mass is 16.7. The fourth-order valence-corrected chi connectivity index (χ4v) is 7.45. The first-order valence-electron chi connectivity index (χ1n) is 27.6. The maximum atomic E-state index is 12.9. The number of quaternary nitrogens is 1. The van der Waals surface area contributed by atoms with Crippen molar-refractivity contribution in [3.63, 3.8) is 0 Å². The van der Waals surface area contributed by atoms with Gasteiger partial charge in [0.25, 0.3) is 6.29 Å². The Bertz CT molecular complexity index is 1340. The smallest absolute Gasteiger partial charge is 0.361 e. The molecule has 0 aliphatic heterocycles. The molecule has 0 radical (unpaired) electrons. The summed E-state index contributed by atoms with van der Waals surface area (Å²) >= 11 is 0. The Kier molecular flexibility index (Phi) is 47.7. The number of aliphatic carboxylic acids is 1. The Labute approximate surface area is 417 Å². The number of hydrogen-bond acceptors (Lipinski definition) is 7. The first-order valence-corrected chi connectivity index (χ1v) is 27.6. The fourth-order valence-electron chi connectivity index (χ4n) is 7.45. The first-order chi connectivity index (χ1) is 33.1. The number of carboxylic acid groups (broad SMARTS) is 1. The lowest BCUT2D eigenvalue weighted by atomic mass is 10.1. The van der Waals surface area contributed by atoms with Crippen LogP contribution >= 0.6 is 0 Å². The van der Waals surface area contributed by atoms with Gasteiger partial charge in [-0.05, 0) is 83.5 Å². The number of carbonyl (C=O) groups excluding carboxylic acids is 2. The molecule has 392 valence electrons. The van der Waals surface area contributed by atoms with E-state index in [1.165, 1.54) is 116 Å². The molecule has 0 aromatic heterocycles. The van der Waals surface area contributed by atoms with Gasteiger partial charge in [0.1, 0.15) is 13.2 Å². The lowest BCUT2D eigenvalue weighted by Crippen LogP contribution is -2.40. The number of unbranched alkanes of at least 4 members (excludes halogenated alkanes) is 23. The Morgan fingerprint density at radius 2 is 0.838 bits per heavy atom. The molecule has 0 spiro atoms. The number of esters is 2. The number of carbonyl (C=O) groups is 3. The van der Waals surface area contributed by atoms with Crippen molar-refractivity contribution in [1.29, 1.82) is 0 Å². The van der Waals surface area contributed by atoms with E-state index < -0.39 is 24.3 Å². The van der Waals surface area contributed by atoms with E-state index >= 15 is 0 Å². The third kappa shape index (κ3) is 50.6. The maximum Gasteiger partial charge on any atom is 0.361 e. The van der Waals surface area contributed by atoms with Gasteiger partial charge in [0.15, 0.2) is 6.10 Å². The van der Waals surface area contributed by atoms with E-state index in [-0.39, 0.29) is 32.2 Å². The molecule has 1 N–H and O–H groups in total. The van der Waals surface area contributed by atoms with Gasteiger partial charge < -0.3 is 28.5 Å². The summed E-state index contributed by atoms with van der Waals surface area (Å²) in [4.78, 5) is 37.4. The van der Waals surface area contributed by atoms with Crippen molar-refractivity contribution in [3.8, 4) is 0 Å². The van der Waals surface area contributed by atoms with Gasteiger partial charge in [0.05, 0.1) is 34.4 Å². The van der Waals surface area contributed by atoms with Gasteiger partial charge in [-0.2, -0.15) is 0 Å². The fraction of sp³-hybridized carbons (Fsp3) is 0.746. The SMILES string of the molecule is CC/C=C\C/C=C\C/C=C\C/C=C\C/C=C\CCCCCCCCCCCC(=O)OC(COC(=O)CCCCCCCCC/C=C\CCCCCCCCC)COC(OCC[N+](C)(C)C)C(=O)O. The molecule has 0 heterocycles. The molecule has 0 saturated carbocycles. The summed E-state index contributed by atoms with van der Waals surface area (Å²) in [6, 6.07) is 0. The number of ether oxygens (including phenoxy) is 4. The molecule has 0 rings (SSSR count). The van der Waals surface area contributed by atoms with Crippen LogP contribution in [0.25, 0.3) is 0 Å². The molecule has 0 aromatic carbocycles. The summed E-state index contributed by atoms with van der Waals surface area (Å²) in [7, 11) is 5.96. The first kappa shape index (κ1) is 64.7. The Morgan fingerprint density at radius 3 is 1.26 bits per heavy atom. The third-order valence-electron chi connectivity index (χ3n) is 11.7. The third-order valence-corrected chi connectivity index (χ3v) is 11.7. The van der Waals surface area contributed by atoms with Crippen molar-refractivity contribution in [2.24, 2.45) is 0 Å². The van der Waals surface area contributed by atoms with Crippen molar-refractivity contribution in [2.45, 2.75) is 238 Å². The van der Waals surface area contributed by atoms with E-state index in [0.717, 1.165) is 77.0 Å². The minimum atomic E-state index is -1.52. The standard InChI is InChI=1S/C59H103NO8/c1-6-8-10-12-14-16-18-20-22-24-26-27-28-29-30-31-32-34-36-38-40-42-44-46-48-50-57(62)68-55(54-67-59(58(63)64)65-52-51-60(3,4)5)53-66-56(61)49-47-45-43-41-39-37-35-33-25-23-21-19-17-15-13-11-9-7-2/h8,10,14,16,20,22-23,25-27,29-30,55,59H,6-7,9,11-13,15,17-19,21,24,28,31-54H2,1-5H3/p+1/b10-8-,16-14-,22-20-,25-23-,27-26-,30-29-. The molecule has 0 amide bonds. The second-order valence-electron chi connectivity index (χ2n) is 19.5. The molecule has 9 nitrogen and oxygen atoms in total. The average molecular weight is 955 g/mol. The highest BCUT2D eigenvalue weighted by Gasteiger charge is 2.25. The molecular weight excluding hydrogens is 851 g/mol. The summed E-state index contributed by atoms with van der Waals surface area (Å²) < 4.78 is 22.8. The van der Waals surface area contributed by atoms with Crippen molar-refractivity contribution in [3.05, 3.63) is 72.9 Å². The van der Waals surface area contributed by atoms with E-state index in [2.05, 4.69) is 86.8 Å². The van der Waals surface area contributed by atoms with Crippen molar-refractivity contribution in [1.82, 2.24) is 0 Å². The normalized spacial score (nSPS) is 13.4. The zero-order valence-electron chi connectivity index (χ0n) is 44.5. The summed E-state index contributed by atoms with van der Waals surface area (Å²) in [5, 5.41) is 9.69. The van der Waals surface area contributed by atoms with E-state index in [1.54, 1.807) is 0 Å². The monoisotopic (exact) mass is 955 g/mol. The molecule has 0 aromatic rings. The maximum absolute atomic E-state index is 12.9. The quantitative estimate of drug-likeness (QED) is 0.0211.